The number of nitrogens with one attached hydrogen (secondary N) is 2. The van der Waals surface area contributed by atoms with Crippen LogP contribution in [0.25, 0.3) is 66.3 Å². The Morgan fingerprint density at radius 2 is 0.798 bits per heavy atom. The fourth-order valence-electron chi connectivity index (χ4n) is 13.5. The van der Waals surface area contributed by atoms with E-state index in [2.05, 4.69) is 94.1 Å². The van der Waals surface area contributed by atoms with Gasteiger partial charge in [0, 0.05) is 28.5 Å². The number of aromatic amines is 1. The number of ether oxygens (including phenoxy) is 2. The molecule has 0 saturated carbocycles. The van der Waals surface area contributed by atoms with Crippen LogP contribution in [0.4, 0.5) is 26.8 Å². The summed E-state index contributed by atoms with van der Waals surface area (Å²) in [5.74, 6) is 5.12. The number of nitrogens with two attached hydrogens (primary N) is 1. The molecule has 0 radical (unpaired) electrons. The number of anilines is 3. The van der Waals surface area contributed by atoms with Gasteiger partial charge in [0.1, 0.15) is 5.15 Å². The van der Waals surface area contributed by atoms with Gasteiger partial charge in [0.2, 0.25) is 10.6 Å². The van der Waals surface area contributed by atoms with Crippen LogP contribution in [0.2, 0.25) is 15.7 Å². The molecule has 6 heterocycles. The van der Waals surface area contributed by atoms with Crippen molar-refractivity contribution in [2.24, 2.45) is 5.84 Å². The average molecular weight is 1790 g/mol. The van der Waals surface area contributed by atoms with Crippen LogP contribution >= 0.6 is 34.8 Å². The summed E-state index contributed by atoms with van der Waals surface area (Å²) < 4.78 is 14.7. The molecule has 30 heteroatoms. The number of hydrogen-bond acceptors (Lipinski definition) is 18. The number of carboxylic acids is 1. The number of fused-ring (bicyclic) bond motifs is 8. The van der Waals surface area contributed by atoms with Gasteiger partial charge in [0.25, 0.3) is 5.97 Å². The smallest absolute Gasteiger partial charge is 0.845 e. The molecule has 6 aromatic heterocycles. The molecule has 0 aliphatic heterocycles. The van der Waals surface area contributed by atoms with E-state index < -0.39 is 41.2 Å². The second kappa shape index (κ2) is 44.8. The average Bonchev–Trinajstić information content (AvgIpc) is 1.59. The number of amides is 2. The molecule has 12 aromatic carbocycles. The number of rotatable bonds is 16. The van der Waals surface area contributed by atoms with E-state index in [1.807, 2.05) is 258 Å². The minimum Gasteiger partial charge on any atom is -0.845 e. The molecule has 2 amide bonds. The van der Waals surface area contributed by atoms with Gasteiger partial charge in [-0.2, -0.15) is 23.8 Å². The Morgan fingerprint density at radius 1 is 0.442 bits per heavy atom. The Morgan fingerprint density at radius 3 is 1.24 bits per heavy atom. The molecule has 0 spiro atoms. The van der Waals surface area contributed by atoms with Gasteiger partial charge in [-0.3, -0.25) is 10.2 Å². The number of hydrazine groups is 2. The van der Waals surface area contributed by atoms with E-state index in [1.54, 1.807) is 26.0 Å². The third kappa shape index (κ3) is 24.7. The number of H-pyrrole nitrogens is 1. The molecule has 0 saturated heterocycles. The maximum atomic E-state index is 12.9. The van der Waals surface area contributed by atoms with Crippen LogP contribution in [0, 0.1) is 27.7 Å². The summed E-state index contributed by atoms with van der Waals surface area (Å²) >= 11 is 18.1. The monoisotopic (exact) mass is 1790 g/mol. The first kappa shape index (κ1) is 95.4. The first-order chi connectivity index (χ1) is 61.3. The molecule has 18 rings (SSSR count). The summed E-state index contributed by atoms with van der Waals surface area (Å²) in [6, 6.07) is 93.3. The third-order valence-electron chi connectivity index (χ3n) is 19.8. The summed E-state index contributed by atoms with van der Waals surface area (Å²) in [4.78, 5) is 95.0. The van der Waals surface area contributed by atoms with Gasteiger partial charge in [-0.1, -0.05) is 235 Å². The van der Waals surface area contributed by atoms with Crippen LogP contribution in [0.15, 0.2) is 306 Å². The second-order valence-corrected chi connectivity index (χ2v) is 30.4. The van der Waals surface area contributed by atoms with Crippen molar-refractivity contribution in [3.63, 3.8) is 0 Å². The Hall–Kier alpha value is -14.2. The normalized spacial score (nSPS) is 10.6. The first-order valence-corrected chi connectivity index (χ1v) is 41.4. The van der Waals surface area contributed by atoms with Gasteiger partial charge in [0.05, 0.1) is 64.0 Å². The zero-order valence-corrected chi connectivity index (χ0v) is 75.4. The van der Waals surface area contributed by atoms with Crippen LogP contribution in [-0.4, -0.2) is 94.7 Å². The summed E-state index contributed by atoms with van der Waals surface area (Å²) in [6.45, 7) is 13.0. The van der Waals surface area contributed by atoms with Gasteiger partial charge in [-0.05, 0) is 232 Å². The first-order valence-electron chi connectivity index (χ1n) is 40.3. The number of carboxylic acid groups (broad SMARTS) is 1. The van der Waals surface area contributed by atoms with E-state index in [9.17, 15) is 29.1 Å². The number of aromatic nitrogens is 12. The fraction of sp³-hybridized carbons (Fsp3) is 0.141. The van der Waals surface area contributed by atoms with Crippen LogP contribution in [0.3, 0.4) is 0 Å². The number of benzene rings is 12. The summed E-state index contributed by atoms with van der Waals surface area (Å²) in [6.07, 6.45) is 2.03. The minimum absolute atomic E-state index is 0. The van der Waals surface area contributed by atoms with Gasteiger partial charge in [-0.25, -0.2) is 59.2 Å². The maximum Gasteiger partial charge on any atom is 1.00 e. The SMILES string of the molecule is C.CC(=O)O.CCOC(=O)N(N)c1ccc(C)cc1.CCOC(=O)N(Nc1nc(Cl)nc2ccc(Cc3ccccc3)cc12)c1ccc(C)cc1.Cc1ccc(-n2nc3c4cc(Cc5ccccc5)ccc4[nH]c(=O)n3c2=O)cc1.Cc1ccc(-n2nc3c4cc(Cc5ccccc5)ccc4nc([O-])n3c2=O)cc1.Clc1nc(Cl)c2cc(Cc3ccccc3)ccc2n1.[Na+]. The number of nitrogens with zero attached hydrogens (tertiary/aromatic N) is 13. The Labute approximate surface area is 779 Å². The van der Waals surface area contributed by atoms with Gasteiger partial charge in [-0.15, -0.1) is 10.2 Å². The largest absolute Gasteiger partial charge is 1.00 e. The Balaban J connectivity index is 0.000000157. The molecule has 5 N–H and O–H groups in total. The van der Waals surface area contributed by atoms with E-state index in [-0.39, 0.29) is 54.2 Å². The molecule has 0 aliphatic rings. The van der Waals surface area contributed by atoms with Crippen LogP contribution in [0.1, 0.15) is 95.0 Å². The summed E-state index contributed by atoms with van der Waals surface area (Å²) in [5.41, 5.74) is 21.0. The molecule has 129 heavy (non-hydrogen) atoms. The molecule has 18 aromatic rings. The number of hydrogen-bond donors (Lipinski definition) is 4. The maximum absolute atomic E-state index is 12.9. The van der Waals surface area contributed by atoms with Crippen molar-refractivity contribution < 1.29 is 63.6 Å². The van der Waals surface area contributed by atoms with Crippen molar-refractivity contribution in [1.29, 1.82) is 0 Å². The molecule has 648 valence electrons. The number of aryl methyl sites for hydroxylation is 4. The topological polar surface area (TPSA) is 333 Å². The molecule has 0 atom stereocenters. The summed E-state index contributed by atoms with van der Waals surface area (Å²) in [7, 11) is 0. The van der Waals surface area contributed by atoms with Crippen molar-refractivity contribution >= 4 is 125 Å². The van der Waals surface area contributed by atoms with E-state index >= 15 is 0 Å². The van der Waals surface area contributed by atoms with Crippen LogP contribution in [0.5, 0.6) is 6.01 Å². The van der Waals surface area contributed by atoms with Gasteiger partial charge >= 0.3 is 58.8 Å². The molecular weight excluding hydrogens is 1700 g/mol. The molecule has 0 fully saturated rings. The van der Waals surface area contributed by atoms with Crippen molar-refractivity contribution in [2.45, 2.75) is 81.6 Å². The van der Waals surface area contributed by atoms with E-state index in [0.29, 0.717) is 73.6 Å². The van der Waals surface area contributed by atoms with Crippen molar-refractivity contribution in [1.82, 2.24) is 58.3 Å². The van der Waals surface area contributed by atoms with Crippen molar-refractivity contribution in [2.75, 3.05) is 28.7 Å². The Kier molecular flexibility index (Phi) is 33.1. The Bertz CT molecular complexity index is 7120. The van der Waals surface area contributed by atoms with Gasteiger partial charge in [0.15, 0.2) is 17.1 Å². The zero-order chi connectivity index (χ0) is 89.8. The third-order valence-corrected chi connectivity index (χ3v) is 20.4. The second-order valence-electron chi connectivity index (χ2n) is 29.3. The van der Waals surface area contributed by atoms with E-state index in [0.717, 1.165) is 107 Å². The van der Waals surface area contributed by atoms with E-state index in [1.165, 1.54) is 42.2 Å². The molecule has 0 bridgehead atoms. The molecular formula is C99H90Cl3N16NaO10. The molecule has 26 nitrogen and oxygen atoms in total. The summed E-state index contributed by atoms with van der Waals surface area (Å²) in [5, 5.41) is 34.8. The molecule has 0 aliphatic carbocycles. The number of halogens is 3. The minimum atomic E-state index is -0.833. The van der Waals surface area contributed by atoms with Crippen molar-refractivity contribution in [3.8, 4) is 17.4 Å². The predicted molar refractivity (Wildman–Crippen MR) is 504 cm³/mol. The van der Waals surface area contributed by atoms with Crippen molar-refractivity contribution in [3.05, 3.63) is 405 Å². The number of aliphatic carboxylic acids is 1. The molecule has 0 unspecified atom stereocenters. The standard InChI is InChI=1S/C25H23ClN4O2.2C23H18N4O2.C15H10Cl2N2.C10H14N2O2.C2H4O2.CH4.Na/c1-3-32-25(31)30(20-12-9-17(2)10-13-20)29-23-21-16-19(15-18-7-5-4-6-8-18)11-14-22(21)27-24(26)28-23;2*1-15-7-10-18(11-8-15)27-23(29)26-21(25-27)19-14-17(9-12-20(19)24-22(26)28)13-16-5-3-2-4-6-16;16-14-12-9-11(8-10-4-2-1-3-5-10)6-7-13(12)18-15(17)19-14;1-3-14-10(13)12(11)9-6-4-8(2)5-7-9;1-2(3)4;;/h4-14,16H,3,15H2,1-2H3,(H,27,28,29);2*2-12,14H,13H2,1H3,(H,24,28);1-7,9H,8H2;4-7H,3,11H2,1-2H3;1H3,(H,3,4);1H4;/q;;;;;;;+1/p-1. The fourth-order valence-corrected chi connectivity index (χ4v) is 14.2. The predicted octanol–water partition coefficient (Wildman–Crippen LogP) is 16.5. The quantitative estimate of drug-likeness (QED) is 0.0174. The van der Waals surface area contributed by atoms with E-state index in [4.69, 9.17) is 60.0 Å². The number of carbonyl (C=O) groups excluding carboxylic acids is 2. The number of carbonyl (C=O) groups is 3. The van der Waals surface area contributed by atoms with Crippen LogP contribution in [-0.2, 0) is 40.0 Å². The van der Waals surface area contributed by atoms with Crippen LogP contribution < -0.4 is 73.0 Å². The zero-order valence-electron chi connectivity index (χ0n) is 71.1. The van der Waals surface area contributed by atoms with Gasteiger partial charge < -0.3 is 24.7 Å².